The Hall–Kier alpha value is -0.910. The van der Waals surface area contributed by atoms with Crippen LogP contribution in [0.15, 0.2) is 12.3 Å². The van der Waals surface area contributed by atoms with Gasteiger partial charge in [0.2, 0.25) is 0 Å². The summed E-state index contributed by atoms with van der Waals surface area (Å²) < 4.78 is 1.83. The Morgan fingerprint density at radius 1 is 1.44 bits per heavy atom. The molecule has 0 saturated carbocycles. The average molecular weight is 227 g/mol. The highest BCUT2D eigenvalue weighted by atomic mass is 16.3. The molecule has 5 nitrogen and oxygen atoms in total. The van der Waals surface area contributed by atoms with Crippen molar-refractivity contribution in [3.05, 3.63) is 18.0 Å². The molecule has 1 rings (SSSR count). The molecule has 1 aromatic rings. The standard InChI is InChI=1S/C11H21N3O2/c1-3-11(8-15,9-16)12-6-4-10-5-7-13-14(10)2/h5,7,12,15-16H,3-4,6,8-9H2,1-2H3. The fraction of sp³-hybridized carbons (Fsp3) is 0.727. The van der Waals surface area contributed by atoms with E-state index in [1.807, 2.05) is 24.7 Å². The summed E-state index contributed by atoms with van der Waals surface area (Å²) in [5.41, 5.74) is 0.576. The summed E-state index contributed by atoms with van der Waals surface area (Å²) in [6.45, 7) is 2.56. The van der Waals surface area contributed by atoms with Crippen molar-refractivity contribution in [3.63, 3.8) is 0 Å². The van der Waals surface area contributed by atoms with Gasteiger partial charge in [-0.3, -0.25) is 4.68 Å². The Kier molecular flexibility index (Phi) is 4.92. The summed E-state index contributed by atoms with van der Waals surface area (Å²) >= 11 is 0. The zero-order valence-corrected chi connectivity index (χ0v) is 9.98. The van der Waals surface area contributed by atoms with E-state index in [4.69, 9.17) is 0 Å². The number of aromatic nitrogens is 2. The number of aliphatic hydroxyl groups excluding tert-OH is 2. The molecule has 0 atom stereocenters. The SMILES string of the molecule is CCC(CO)(CO)NCCc1ccnn1C. The third-order valence-electron chi connectivity index (χ3n) is 3.09. The van der Waals surface area contributed by atoms with Gasteiger partial charge in [0.25, 0.3) is 0 Å². The molecule has 0 amide bonds. The lowest BCUT2D eigenvalue weighted by Gasteiger charge is -2.29. The number of aryl methyl sites for hydroxylation is 1. The van der Waals surface area contributed by atoms with Crippen LogP contribution in [0.1, 0.15) is 19.0 Å². The van der Waals surface area contributed by atoms with Gasteiger partial charge in [-0.25, -0.2) is 0 Å². The summed E-state index contributed by atoms with van der Waals surface area (Å²) in [6.07, 6.45) is 3.30. The topological polar surface area (TPSA) is 70.3 Å². The molecule has 0 fully saturated rings. The van der Waals surface area contributed by atoms with Crippen LogP contribution in [0.2, 0.25) is 0 Å². The van der Waals surface area contributed by atoms with Gasteiger partial charge >= 0.3 is 0 Å². The second-order valence-corrected chi connectivity index (χ2v) is 4.07. The highest BCUT2D eigenvalue weighted by Gasteiger charge is 2.25. The molecule has 0 aliphatic heterocycles. The molecule has 1 aromatic heterocycles. The van der Waals surface area contributed by atoms with Crippen molar-refractivity contribution in [1.82, 2.24) is 15.1 Å². The van der Waals surface area contributed by atoms with Gasteiger partial charge < -0.3 is 15.5 Å². The molecule has 0 aliphatic rings. The molecule has 0 saturated heterocycles. The molecule has 0 aliphatic carbocycles. The zero-order valence-electron chi connectivity index (χ0n) is 9.98. The van der Waals surface area contributed by atoms with Gasteiger partial charge in [0.15, 0.2) is 0 Å². The molecule has 0 aromatic carbocycles. The highest BCUT2D eigenvalue weighted by molar-refractivity contribution is 5.01. The maximum Gasteiger partial charge on any atom is 0.0645 e. The predicted octanol–water partition coefficient (Wildman–Crippen LogP) is -0.314. The zero-order chi connectivity index (χ0) is 12.0. The fourth-order valence-electron chi connectivity index (χ4n) is 1.61. The second-order valence-electron chi connectivity index (χ2n) is 4.07. The summed E-state index contributed by atoms with van der Waals surface area (Å²) in [7, 11) is 1.90. The van der Waals surface area contributed by atoms with Crippen molar-refractivity contribution >= 4 is 0 Å². The fourth-order valence-corrected chi connectivity index (χ4v) is 1.61. The minimum atomic E-state index is -0.557. The number of hydrogen-bond donors (Lipinski definition) is 3. The summed E-state index contributed by atoms with van der Waals surface area (Å²) in [5.74, 6) is 0. The van der Waals surface area contributed by atoms with Crippen LogP contribution in [0.4, 0.5) is 0 Å². The molecule has 0 radical (unpaired) electrons. The van der Waals surface area contributed by atoms with E-state index in [0.29, 0.717) is 13.0 Å². The van der Waals surface area contributed by atoms with Crippen molar-refractivity contribution in [1.29, 1.82) is 0 Å². The van der Waals surface area contributed by atoms with Gasteiger partial charge in [0.05, 0.1) is 18.8 Å². The first-order valence-electron chi connectivity index (χ1n) is 5.61. The number of aliphatic hydroxyl groups is 2. The maximum absolute atomic E-state index is 9.25. The van der Waals surface area contributed by atoms with Gasteiger partial charge in [-0.2, -0.15) is 5.10 Å². The first-order valence-corrected chi connectivity index (χ1v) is 5.61. The van der Waals surface area contributed by atoms with Gasteiger partial charge in [0, 0.05) is 31.9 Å². The first-order chi connectivity index (χ1) is 7.67. The largest absolute Gasteiger partial charge is 0.394 e. The van der Waals surface area contributed by atoms with E-state index in [9.17, 15) is 10.2 Å². The lowest BCUT2D eigenvalue weighted by atomic mass is 9.98. The molecule has 16 heavy (non-hydrogen) atoms. The minimum Gasteiger partial charge on any atom is -0.394 e. The number of hydrogen-bond acceptors (Lipinski definition) is 4. The molecular formula is C11H21N3O2. The van der Waals surface area contributed by atoms with Crippen molar-refractivity contribution in [3.8, 4) is 0 Å². The maximum atomic E-state index is 9.25. The molecule has 5 heteroatoms. The first kappa shape index (κ1) is 13.2. The third kappa shape index (κ3) is 3.04. The van der Waals surface area contributed by atoms with E-state index in [0.717, 1.165) is 12.1 Å². The highest BCUT2D eigenvalue weighted by Crippen LogP contribution is 2.08. The minimum absolute atomic E-state index is 0.0502. The normalized spacial score (nSPS) is 12.0. The Morgan fingerprint density at radius 3 is 2.56 bits per heavy atom. The number of nitrogens with zero attached hydrogens (tertiary/aromatic N) is 2. The van der Waals surface area contributed by atoms with Gasteiger partial charge in [-0.05, 0) is 12.5 Å². The number of rotatable bonds is 7. The lowest BCUT2D eigenvalue weighted by Crippen LogP contribution is -2.51. The number of nitrogens with one attached hydrogen (secondary N) is 1. The monoisotopic (exact) mass is 227 g/mol. The third-order valence-corrected chi connectivity index (χ3v) is 3.09. The smallest absolute Gasteiger partial charge is 0.0645 e. The van der Waals surface area contributed by atoms with Crippen LogP contribution < -0.4 is 5.32 Å². The van der Waals surface area contributed by atoms with Gasteiger partial charge in [0.1, 0.15) is 0 Å². The van der Waals surface area contributed by atoms with Gasteiger partial charge in [-0.1, -0.05) is 6.92 Å². The van der Waals surface area contributed by atoms with E-state index in [1.165, 1.54) is 0 Å². The van der Waals surface area contributed by atoms with Gasteiger partial charge in [-0.15, -0.1) is 0 Å². The Labute approximate surface area is 96.1 Å². The van der Waals surface area contributed by atoms with Crippen molar-refractivity contribution in [2.24, 2.45) is 7.05 Å². The predicted molar refractivity (Wildman–Crippen MR) is 62.1 cm³/mol. The van der Waals surface area contributed by atoms with Crippen LogP contribution in [0.5, 0.6) is 0 Å². The van der Waals surface area contributed by atoms with Crippen LogP contribution >= 0.6 is 0 Å². The summed E-state index contributed by atoms with van der Waals surface area (Å²) in [4.78, 5) is 0. The molecule has 0 spiro atoms. The van der Waals surface area contributed by atoms with Crippen LogP contribution in [-0.4, -0.2) is 45.3 Å². The molecule has 0 bridgehead atoms. The van der Waals surface area contributed by atoms with Crippen molar-refractivity contribution in [2.75, 3.05) is 19.8 Å². The Bertz CT molecular complexity index is 300. The average Bonchev–Trinajstić information content (AvgIpc) is 2.71. The van der Waals surface area contributed by atoms with Crippen LogP contribution in [0, 0.1) is 0 Å². The van der Waals surface area contributed by atoms with E-state index in [2.05, 4.69) is 10.4 Å². The van der Waals surface area contributed by atoms with Crippen LogP contribution in [-0.2, 0) is 13.5 Å². The Balaban J connectivity index is 2.42. The summed E-state index contributed by atoms with van der Waals surface area (Å²) in [6, 6.07) is 1.97. The summed E-state index contributed by atoms with van der Waals surface area (Å²) in [5, 5.41) is 25.8. The molecule has 0 unspecified atom stereocenters. The van der Waals surface area contributed by atoms with Crippen molar-refractivity contribution < 1.29 is 10.2 Å². The van der Waals surface area contributed by atoms with Crippen molar-refractivity contribution in [2.45, 2.75) is 25.3 Å². The van der Waals surface area contributed by atoms with E-state index >= 15 is 0 Å². The van der Waals surface area contributed by atoms with E-state index in [1.54, 1.807) is 6.20 Å². The molecule has 3 N–H and O–H groups in total. The quantitative estimate of drug-likeness (QED) is 0.597. The van der Waals surface area contributed by atoms with E-state index in [-0.39, 0.29) is 13.2 Å². The van der Waals surface area contributed by atoms with E-state index < -0.39 is 5.54 Å². The molecular weight excluding hydrogens is 206 g/mol. The second kappa shape index (κ2) is 5.98. The van der Waals surface area contributed by atoms with Crippen LogP contribution in [0.25, 0.3) is 0 Å². The van der Waals surface area contributed by atoms with Crippen LogP contribution in [0.3, 0.4) is 0 Å². The Morgan fingerprint density at radius 2 is 2.12 bits per heavy atom. The lowest BCUT2D eigenvalue weighted by molar-refractivity contribution is 0.0882. The molecule has 1 heterocycles. The molecule has 92 valence electrons.